The zero-order valence-corrected chi connectivity index (χ0v) is 15.3. The van der Waals surface area contributed by atoms with Gasteiger partial charge in [0, 0.05) is 25.9 Å². The van der Waals surface area contributed by atoms with Crippen molar-refractivity contribution in [3.8, 4) is 0 Å². The van der Waals surface area contributed by atoms with E-state index in [1.165, 1.54) is 7.11 Å². The lowest BCUT2D eigenvalue weighted by molar-refractivity contribution is -0.145. The average molecular weight is 328 g/mol. The van der Waals surface area contributed by atoms with Crippen LogP contribution in [0.3, 0.4) is 0 Å². The Kier molecular flexibility index (Phi) is 10.3. The third-order valence-electron chi connectivity index (χ3n) is 3.70. The highest BCUT2D eigenvalue weighted by atomic mass is 16.5. The number of ether oxygens (including phenoxy) is 1. The van der Waals surface area contributed by atoms with Gasteiger partial charge in [0.1, 0.15) is 6.04 Å². The molecule has 6 nitrogen and oxygen atoms in total. The molecular formula is C17H32N2O4. The van der Waals surface area contributed by atoms with Crippen LogP contribution in [-0.2, 0) is 19.1 Å². The minimum Gasteiger partial charge on any atom is -0.467 e. The summed E-state index contributed by atoms with van der Waals surface area (Å²) >= 11 is 0. The monoisotopic (exact) mass is 328 g/mol. The maximum atomic E-state index is 12.1. The van der Waals surface area contributed by atoms with Gasteiger partial charge in [-0.05, 0) is 32.1 Å². The number of rotatable bonds is 10. The summed E-state index contributed by atoms with van der Waals surface area (Å²) in [4.78, 5) is 37.6. The molecule has 0 radical (unpaired) electrons. The number of hydrogen-bond acceptors (Lipinski definition) is 4. The molecule has 0 aliphatic heterocycles. The van der Waals surface area contributed by atoms with Gasteiger partial charge in [-0.3, -0.25) is 9.59 Å². The minimum atomic E-state index is -0.627. The molecule has 6 heteroatoms. The Bertz CT molecular complexity index is 392. The summed E-state index contributed by atoms with van der Waals surface area (Å²) in [7, 11) is 1.31. The predicted octanol–water partition coefficient (Wildman–Crippen LogP) is 1.97. The molecule has 0 spiro atoms. The number of carbonyl (C=O) groups is 3. The van der Waals surface area contributed by atoms with Gasteiger partial charge in [0.05, 0.1) is 7.11 Å². The maximum Gasteiger partial charge on any atom is 0.328 e. The summed E-state index contributed by atoms with van der Waals surface area (Å²) in [6.45, 7) is 11.1. The number of amides is 2. The van der Waals surface area contributed by atoms with E-state index in [4.69, 9.17) is 4.74 Å². The van der Waals surface area contributed by atoms with E-state index in [0.717, 1.165) is 0 Å². The Labute approximate surface area is 139 Å². The van der Waals surface area contributed by atoms with Gasteiger partial charge in [-0.1, -0.05) is 20.8 Å². The first-order valence-electron chi connectivity index (χ1n) is 8.39. The molecule has 2 unspecified atom stereocenters. The number of nitrogens with one attached hydrogen (secondary N) is 1. The van der Waals surface area contributed by atoms with Crippen molar-refractivity contribution in [2.24, 2.45) is 11.8 Å². The van der Waals surface area contributed by atoms with Crippen molar-refractivity contribution < 1.29 is 19.1 Å². The molecule has 0 rings (SSSR count). The first-order valence-corrected chi connectivity index (χ1v) is 8.39. The van der Waals surface area contributed by atoms with Crippen LogP contribution >= 0.6 is 0 Å². The predicted molar refractivity (Wildman–Crippen MR) is 89.7 cm³/mol. The normalized spacial score (nSPS) is 13.3. The zero-order valence-electron chi connectivity index (χ0n) is 15.3. The van der Waals surface area contributed by atoms with E-state index in [1.54, 1.807) is 4.90 Å². The quantitative estimate of drug-likeness (QED) is 0.622. The van der Waals surface area contributed by atoms with Crippen LogP contribution in [0.2, 0.25) is 0 Å². The van der Waals surface area contributed by atoms with Gasteiger partial charge in [-0.25, -0.2) is 4.79 Å². The molecule has 134 valence electrons. The molecule has 0 aromatic rings. The Hall–Kier alpha value is -1.59. The van der Waals surface area contributed by atoms with Gasteiger partial charge in [0.25, 0.3) is 0 Å². The first kappa shape index (κ1) is 21.4. The molecule has 0 aliphatic carbocycles. The zero-order chi connectivity index (χ0) is 18.0. The largest absolute Gasteiger partial charge is 0.467 e. The van der Waals surface area contributed by atoms with Crippen molar-refractivity contribution in [3.05, 3.63) is 0 Å². The Morgan fingerprint density at radius 1 is 1.04 bits per heavy atom. The second-order valence-corrected chi connectivity index (χ2v) is 6.35. The second kappa shape index (κ2) is 11.0. The first-order chi connectivity index (χ1) is 10.7. The summed E-state index contributed by atoms with van der Waals surface area (Å²) in [6, 6.07) is -0.627. The van der Waals surface area contributed by atoms with Crippen LogP contribution in [0.4, 0.5) is 0 Å². The standard InChI is InChI=1S/C17H32N2O4/c1-7-19(8-2)16(21)11-13(5)10-15(20)18-14(9-12(3)4)17(22)23-6/h12-14H,7-11H2,1-6H3,(H,18,20). The molecule has 0 fully saturated rings. The van der Waals surface area contributed by atoms with Gasteiger partial charge in [0.15, 0.2) is 0 Å². The van der Waals surface area contributed by atoms with Crippen LogP contribution in [0.1, 0.15) is 53.9 Å². The topological polar surface area (TPSA) is 75.7 Å². The van der Waals surface area contributed by atoms with Crippen LogP contribution in [0.25, 0.3) is 0 Å². The molecule has 1 N–H and O–H groups in total. The lowest BCUT2D eigenvalue weighted by Crippen LogP contribution is -2.43. The molecule has 2 atom stereocenters. The van der Waals surface area contributed by atoms with Gasteiger partial charge < -0.3 is 15.0 Å². The van der Waals surface area contributed by atoms with Crippen molar-refractivity contribution in [2.45, 2.75) is 59.9 Å². The molecule has 2 amide bonds. The number of esters is 1. The van der Waals surface area contributed by atoms with Crippen LogP contribution in [0.5, 0.6) is 0 Å². The van der Waals surface area contributed by atoms with E-state index < -0.39 is 12.0 Å². The van der Waals surface area contributed by atoms with Gasteiger partial charge in [0.2, 0.25) is 11.8 Å². The molecule has 0 aliphatic rings. The maximum absolute atomic E-state index is 12.1. The van der Waals surface area contributed by atoms with Crippen LogP contribution < -0.4 is 5.32 Å². The highest BCUT2D eigenvalue weighted by molar-refractivity contribution is 5.85. The highest BCUT2D eigenvalue weighted by Gasteiger charge is 2.24. The smallest absolute Gasteiger partial charge is 0.328 e. The third-order valence-corrected chi connectivity index (χ3v) is 3.70. The summed E-state index contributed by atoms with van der Waals surface area (Å²) in [5, 5.41) is 2.72. The average Bonchev–Trinajstić information content (AvgIpc) is 2.46. The summed E-state index contributed by atoms with van der Waals surface area (Å²) in [5.74, 6) is -0.400. The van der Waals surface area contributed by atoms with Crippen LogP contribution in [0.15, 0.2) is 0 Å². The number of nitrogens with zero attached hydrogens (tertiary/aromatic N) is 1. The fourth-order valence-electron chi connectivity index (χ4n) is 2.47. The molecule has 0 bridgehead atoms. The Balaban J connectivity index is 4.49. The lowest BCUT2D eigenvalue weighted by atomic mass is 10.0. The third kappa shape index (κ3) is 8.57. The summed E-state index contributed by atoms with van der Waals surface area (Å²) < 4.78 is 4.73. The molecule has 0 saturated carbocycles. The fraction of sp³-hybridized carbons (Fsp3) is 0.824. The number of carbonyl (C=O) groups excluding carboxylic acids is 3. The minimum absolute atomic E-state index is 0.0574. The number of methoxy groups -OCH3 is 1. The Morgan fingerprint density at radius 3 is 2.04 bits per heavy atom. The SMILES string of the molecule is CCN(CC)C(=O)CC(C)CC(=O)NC(CC(C)C)C(=O)OC. The van der Waals surface area contributed by atoms with E-state index in [2.05, 4.69) is 5.32 Å². The van der Waals surface area contributed by atoms with Crippen molar-refractivity contribution in [1.82, 2.24) is 10.2 Å². The molecule has 23 heavy (non-hydrogen) atoms. The van der Waals surface area contributed by atoms with Crippen molar-refractivity contribution in [3.63, 3.8) is 0 Å². The Morgan fingerprint density at radius 2 is 1.61 bits per heavy atom. The highest BCUT2D eigenvalue weighted by Crippen LogP contribution is 2.12. The van der Waals surface area contributed by atoms with E-state index in [9.17, 15) is 14.4 Å². The van der Waals surface area contributed by atoms with E-state index >= 15 is 0 Å². The molecule has 0 aromatic heterocycles. The van der Waals surface area contributed by atoms with E-state index in [0.29, 0.717) is 25.9 Å². The van der Waals surface area contributed by atoms with Crippen molar-refractivity contribution >= 4 is 17.8 Å². The van der Waals surface area contributed by atoms with Crippen molar-refractivity contribution in [2.75, 3.05) is 20.2 Å². The summed E-state index contributed by atoms with van der Waals surface area (Å²) in [6.07, 6.45) is 1.09. The van der Waals surface area contributed by atoms with Crippen LogP contribution in [-0.4, -0.2) is 48.9 Å². The molecule has 0 saturated heterocycles. The van der Waals surface area contributed by atoms with E-state index in [1.807, 2.05) is 34.6 Å². The van der Waals surface area contributed by atoms with Gasteiger partial charge in [-0.15, -0.1) is 0 Å². The molecular weight excluding hydrogens is 296 g/mol. The number of hydrogen-bond donors (Lipinski definition) is 1. The van der Waals surface area contributed by atoms with Crippen LogP contribution in [0, 0.1) is 11.8 Å². The molecule has 0 aromatic carbocycles. The van der Waals surface area contributed by atoms with Gasteiger partial charge in [-0.2, -0.15) is 0 Å². The second-order valence-electron chi connectivity index (χ2n) is 6.35. The molecule has 0 heterocycles. The van der Waals surface area contributed by atoms with E-state index in [-0.39, 0.29) is 30.1 Å². The fourth-order valence-corrected chi connectivity index (χ4v) is 2.47. The van der Waals surface area contributed by atoms with Gasteiger partial charge >= 0.3 is 5.97 Å². The summed E-state index contributed by atoms with van der Waals surface area (Å²) in [5.41, 5.74) is 0. The van der Waals surface area contributed by atoms with Crippen molar-refractivity contribution in [1.29, 1.82) is 0 Å². The lowest BCUT2D eigenvalue weighted by Gasteiger charge is -2.22.